The Hall–Kier alpha value is -1.13. The van der Waals surface area contributed by atoms with Crippen LogP contribution in [0.2, 0.25) is 0 Å². The van der Waals surface area contributed by atoms with Gasteiger partial charge in [0.1, 0.15) is 5.82 Å². The Labute approximate surface area is 110 Å². The van der Waals surface area contributed by atoms with E-state index in [4.69, 9.17) is 4.74 Å². The average molecular weight is 251 g/mol. The van der Waals surface area contributed by atoms with Gasteiger partial charge < -0.3 is 15.4 Å². The Balaban J connectivity index is 2.46. The van der Waals surface area contributed by atoms with Gasteiger partial charge in [-0.2, -0.15) is 0 Å². The third-order valence-electron chi connectivity index (χ3n) is 2.68. The molecular formula is C14H25N3O. The summed E-state index contributed by atoms with van der Waals surface area (Å²) < 4.78 is 4.99. The topological polar surface area (TPSA) is 46.2 Å². The second-order valence-electron chi connectivity index (χ2n) is 4.89. The number of anilines is 1. The molecule has 0 bridgehead atoms. The highest BCUT2D eigenvalue weighted by molar-refractivity contribution is 5.38. The molecule has 0 aromatic carbocycles. The number of rotatable bonds is 8. The molecule has 0 amide bonds. The van der Waals surface area contributed by atoms with Gasteiger partial charge in [0.25, 0.3) is 0 Å². The molecule has 102 valence electrons. The number of pyridine rings is 1. The van der Waals surface area contributed by atoms with Gasteiger partial charge >= 0.3 is 0 Å². The fourth-order valence-corrected chi connectivity index (χ4v) is 1.65. The van der Waals surface area contributed by atoms with Crippen LogP contribution in [0.1, 0.15) is 25.1 Å². The first-order valence-electron chi connectivity index (χ1n) is 6.53. The lowest BCUT2D eigenvalue weighted by Gasteiger charge is -2.11. The normalized spacial score (nSPS) is 10.9. The summed E-state index contributed by atoms with van der Waals surface area (Å²) in [5, 5.41) is 6.66. The first-order chi connectivity index (χ1) is 8.63. The van der Waals surface area contributed by atoms with E-state index in [0.717, 1.165) is 31.1 Å². The minimum atomic E-state index is 0.674. The summed E-state index contributed by atoms with van der Waals surface area (Å²) >= 11 is 0. The van der Waals surface area contributed by atoms with E-state index in [2.05, 4.69) is 35.5 Å². The second kappa shape index (κ2) is 8.06. The van der Waals surface area contributed by atoms with Crippen LogP contribution in [-0.4, -0.2) is 31.8 Å². The molecule has 0 saturated heterocycles. The van der Waals surface area contributed by atoms with E-state index >= 15 is 0 Å². The van der Waals surface area contributed by atoms with Crippen LogP contribution in [0.4, 0.5) is 5.82 Å². The van der Waals surface area contributed by atoms with E-state index in [-0.39, 0.29) is 0 Å². The van der Waals surface area contributed by atoms with Gasteiger partial charge in [0.15, 0.2) is 0 Å². The summed E-state index contributed by atoms with van der Waals surface area (Å²) in [6, 6.07) is 4.15. The Morgan fingerprint density at radius 1 is 1.33 bits per heavy atom. The molecule has 0 unspecified atom stereocenters. The zero-order valence-corrected chi connectivity index (χ0v) is 11.9. The maximum Gasteiger partial charge on any atom is 0.126 e. The average Bonchev–Trinajstić information content (AvgIpc) is 2.32. The van der Waals surface area contributed by atoms with Crippen molar-refractivity contribution in [3.8, 4) is 0 Å². The fourth-order valence-electron chi connectivity index (χ4n) is 1.65. The van der Waals surface area contributed by atoms with Gasteiger partial charge in [0.05, 0.1) is 6.61 Å². The van der Waals surface area contributed by atoms with Gasteiger partial charge in [-0.1, -0.05) is 19.9 Å². The molecule has 0 spiro atoms. The summed E-state index contributed by atoms with van der Waals surface area (Å²) in [6.07, 6.45) is 0. The number of hydrogen-bond acceptors (Lipinski definition) is 4. The van der Waals surface area contributed by atoms with Crippen LogP contribution in [0.5, 0.6) is 0 Å². The minimum Gasteiger partial charge on any atom is -0.383 e. The molecule has 0 fully saturated rings. The lowest BCUT2D eigenvalue weighted by molar-refractivity contribution is 0.210. The zero-order valence-electron chi connectivity index (χ0n) is 11.9. The monoisotopic (exact) mass is 251 g/mol. The lowest BCUT2D eigenvalue weighted by atomic mass is 10.2. The van der Waals surface area contributed by atoms with E-state index in [9.17, 15) is 0 Å². The molecule has 1 aromatic rings. The summed E-state index contributed by atoms with van der Waals surface area (Å²) in [5.41, 5.74) is 2.33. The van der Waals surface area contributed by atoms with Crippen molar-refractivity contribution >= 4 is 5.82 Å². The smallest absolute Gasteiger partial charge is 0.126 e. The number of aromatic nitrogens is 1. The van der Waals surface area contributed by atoms with Crippen molar-refractivity contribution in [2.75, 3.05) is 32.1 Å². The van der Waals surface area contributed by atoms with Crippen LogP contribution in [0.3, 0.4) is 0 Å². The Kier molecular flexibility index (Phi) is 6.68. The molecule has 1 heterocycles. The number of hydrogen-bond donors (Lipinski definition) is 2. The number of aryl methyl sites for hydroxylation is 1. The zero-order chi connectivity index (χ0) is 13.4. The van der Waals surface area contributed by atoms with Crippen molar-refractivity contribution in [2.24, 2.45) is 5.92 Å². The van der Waals surface area contributed by atoms with Gasteiger partial charge in [-0.05, 0) is 31.0 Å². The molecule has 4 heteroatoms. The highest BCUT2D eigenvalue weighted by Gasteiger charge is 2.02. The van der Waals surface area contributed by atoms with E-state index in [0.29, 0.717) is 12.5 Å². The van der Waals surface area contributed by atoms with Crippen LogP contribution >= 0.6 is 0 Å². The van der Waals surface area contributed by atoms with Gasteiger partial charge in [0.2, 0.25) is 0 Å². The lowest BCUT2D eigenvalue weighted by Crippen LogP contribution is -2.20. The Morgan fingerprint density at radius 2 is 2.11 bits per heavy atom. The van der Waals surface area contributed by atoms with E-state index in [1.54, 1.807) is 7.11 Å². The van der Waals surface area contributed by atoms with E-state index in [1.807, 2.05) is 13.0 Å². The largest absolute Gasteiger partial charge is 0.383 e. The molecular weight excluding hydrogens is 226 g/mol. The van der Waals surface area contributed by atoms with Crippen LogP contribution < -0.4 is 10.6 Å². The molecule has 0 saturated carbocycles. The quantitative estimate of drug-likeness (QED) is 0.695. The third kappa shape index (κ3) is 5.47. The maximum absolute atomic E-state index is 4.99. The van der Waals surface area contributed by atoms with E-state index < -0.39 is 0 Å². The van der Waals surface area contributed by atoms with Crippen LogP contribution in [-0.2, 0) is 11.3 Å². The third-order valence-corrected chi connectivity index (χ3v) is 2.68. The number of ether oxygens (including phenoxy) is 1. The molecule has 0 atom stereocenters. The highest BCUT2D eigenvalue weighted by Crippen LogP contribution is 2.10. The predicted octanol–water partition coefficient (Wildman–Crippen LogP) is 2.19. The number of methoxy groups -OCH3 is 1. The predicted molar refractivity (Wildman–Crippen MR) is 75.9 cm³/mol. The fraction of sp³-hybridized carbons (Fsp3) is 0.643. The number of nitrogens with one attached hydrogen (secondary N) is 2. The summed E-state index contributed by atoms with van der Waals surface area (Å²) in [5.74, 6) is 1.59. The van der Waals surface area contributed by atoms with Crippen molar-refractivity contribution in [3.05, 3.63) is 23.4 Å². The minimum absolute atomic E-state index is 0.674. The molecule has 2 N–H and O–H groups in total. The van der Waals surface area contributed by atoms with Gasteiger partial charge in [0, 0.05) is 25.9 Å². The molecule has 0 radical (unpaired) electrons. The summed E-state index contributed by atoms with van der Waals surface area (Å²) in [6.45, 7) is 9.87. The van der Waals surface area contributed by atoms with Crippen molar-refractivity contribution in [1.82, 2.24) is 10.3 Å². The van der Waals surface area contributed by atoms with Crippen LogP contribution in [0, 0.1) is 12.8 Å². The first kappa shape index (κ1) is 14.9. The standard InChI is InChI=1S/C14H25N3O/c1-11(2)9-15-10-13-5-6-14(17-12(13)3)16-7-8-18-4/h5-6,11,15H,7-10H2,1-4H3,(H,16,17). The summed E-state index contributed by atoms with van der Waals surface area (Å²) in [7, 11) is 1.70. The van der Waals surface area contributed by atoms with Gasteiger partial charge in [-0.3, -0.25) is 0 Å². The molecule has 4 nitrogen and oxygen atoms in total. The molecule has 0 aliphatic rings. The van der Waals surface area contributed by atoms with Gasteiger partial charge in [-0.15, -0.1) is 0 Å². The molecule has 0 aliphatic heterocycles. The molecule has 1 rings (SSSR count). The van der Waals surface area contributed by atoms with Crippen molar-refractivity contribution in [1.29, 1.82) is 0 Å². The molecule has 0 aliphatic carbocycles. The highest BCUT2D eigenvalue weighted by atomic mass is 16.5. The molecule has 18 heavy (non-hydrogen) atoms. The Morgan fingerprint density at radius 3 is 2.72 bits per heavy atom. The van der Waals surface area contributed by atoms with Crippen molar-refractivity contribution in [3.63, 3.8) is 0 Å². The van der Waals surface area contributed by atoms with E-state index in [1.165, 1.54) is 5.56 Å². The van der Waals surface area contributed by atoms with Crippen LogP contribution in [0.25, 0.3) is 0 Å². The van der Waals surface area contributed by atoms with Crippen LogP contribution in [0.15, 0.2) is 12.1 Å². The first-order valence-corrected chi connectivity index (χ1v) is 6.53. The maximum atomic E-state index is 4.99. The SMILES string of the molecule is COCCNc1ccc(CNCC(C)C)c(C)n1. The van der Waals surface area contributed by atoms with Crippen molar-refractivity contribution < 1.29 is 4.74 Å². The van der Waals surface area contributed by atoms with Crippen molar-refractivity contribution in [2.45, 2.75) is 27.3 Å². The van der Waals surface area contributed by atoms with Gasteiger partial charge in [-0.25, -0.2) is 4.98 Å². The number of nitrogens with zero attached hydrogens (tertiary/aromatic N) is 1. The summed E-state index contributed by atoms with van der Waals surface area (Å²) in [4.78, 5) is 4.54. The molecule has 1 aromatic heterocycles. The second-order valence-corrected chi connectivity index (χ2v) is 4.89. The Bertz CT molecular complexity index is 353.